The van der Waals surface area contributed by atoms with Crippen molar-refractivity contribution in [3.05, 3.63) is 58.4 Å². The Kier molecular flexibility index (Phi) is 11.0. The van der Waals surface area contributed by atoms with Gasteiger partial charge in [0.05, 0.1) is 36.6 Å². The van der Waals surface area contributed by atoms with E-state index >= 15 is 0 Å². The van der Waals surface area contributed by atoms with Crippen LogP contribution in [0.2, 0.25) is 5.02 Å². The molecule has 2 amide bonds. The average molecular weight is 615 g/mol. The Labute approximate surface area is 240 Å². The van der Waals surface area contributed by atoms with Gasteiger partial charge < -0.3 is 29.7 Å². The predicted octanol–water partition coefficient (Wildman–Crippen LogP) is 3.49. The number of carboxylic acids is 1. The van der Waals surface area contributed by atoms with Crippen LogP contribution >= 0.6 is 19.2 Å². The highest BCUT2D eigenvalue weighted by Crippen LogP contribution is 2.47. The highest BCUT2D eigenvalue weighted by atomic mass is 35.5. The number of rotatable bonds is 13. The molecule has 1 fully saturated rings. The Morgan fingerprint density at radius 2 is 1.88 bits per heavy atom. The van der Waals surface area contributed by atoms with Crippen LogP contribution in [0.1, 0.15) is 31.4 Å². The molecule has 1 saturated heterocycles. The molecule has 2 unspecified atom stereocenters. The molecule has 0 saturated carbocycles. The average Bonchev–Trinajstić information content (AvgIpc) is 3.33. The van der Waals surface area contributed by atoms with Gasteiger partial charge in [0, 0.05) is 29.8 Å². The van der Waals surface area contributed by atoms with E-state index in [9.17, 15) is 32.8 Å². The summed E-state index contributed by atoms with van der Waals surface area (Å²) in [5.74, 6) is -3.64. The Morgan fingerprint density at radius 1 is 1.20 bits per heavy atom. The van der Waals surface area contributed by atoms with Gasteiger partial charge in [-0.3, -0.25) is 19.6 Å². The van der Waals surface area contributed by atoms with Gasteiger partial charge in [0.1, 0.15) is 23.7 Å². The van der Waals surface area contributed by atoms with Crippen LogP contribution in [0.4, 0.5) is 14.5 Å². The fraction of sp³-hybridized carbons (Fsp3) is 0.385. The number of anilines is 1. The van der Waals surface area contributed by atoms with E-state index in [2.05, 4.69) is 10.6 Å². The maximum Gasteiger partial charge on any atom is 0.361 e. The Morgan fingerprint density at radius 3 is 2.51 bits per heavy atom. The molecule has 2 aromatic carbocycles. The summed E-state index contributed by atoms with van der Waals surface area (Å²) in [7, 11) is -3.80. The zero-order chi connectivity index (χ0) is 30.3. The quantitative estimate of drug-likeness (QED) is 0.197. The van der Waals surface area contributed by atoms with Crippen LogP contribution in [0.25, 0.3) is 0 Å². The van der Waals surface area contributed by atoms with Crippen molar-refractivity contribution in [2.75, 3.05) is 31.6 Å². The molecule has 0 aromatic heterocycles. The molecule has 4 N–H and O–H groups in total. The van der Waals surface area contributed by atoms with E-state index in [-0.39, 0.29) is 59.9 Å². The summed E-state index contributed by atoms with van der Waals surface area (Å²) < 4.78 is 52.4. The fourth-order valence-corrected chi connectivity index (χ4v) is 6.07. The largest absolute Gasteiger partial charge is 0.477 e. The van der Waals surface area contributed by atoms with Crippen molar-refractivity contribution in [1.29, 1.82) is 5.41 Å². The van der Waals surface area contributed by atoms with Gasteiger partial charge in [-0.15, -0.1) is 0 Å². The lowest BCUT2D eigenvalue weighted by atomic mass is 10.1. The van der Waals surface area contributed by atoms with Crippen LogP contribution in [0.3, 0.4) is 0 Å². The van der Waals surface area contributed by atoms with Crippen molar-refractivity contribution in [2.45, 2.75) is 39.0 Å². The number of carbonyl (C=O) groups excluding carboxylic acids is 2. The molecule has 2 atom stereocenters. The Balaban J connectivity index is 1.79. The highest BCUT2D eigenvalue weighted by molar-refractivity contribution is 7.62. The summed E-state index contributed by atoms with van der Waals surface area (Å²) in [6.45, 7) is 2.22. The van der Waals surface area contributed by atoms with Crippen molar-refractivity contribution in [2.24, 2.45) is 0 Å². The number of likely N-dealkylation sites (tertiary alicyclic amines) is 1. The van der Waals surface area contributed by atoms with Crippen molar-refractivity contribution in [1.82, 2.24) is 10.2 Å². The van der Waals surface area contributed by atoms with Crippen molar-refractivity contribution in [3.8, 4) is 0 Å². The lowest BCUT2D eigenvalue weighted by molar-refractivity contribution is -0.137. The summed E-state index contributed by atoms with van der Waals surface area (Å²) >= 11 is 5.77. The summed E-state index contributed by atoms with van der Waals surface area (Å²) in [6.07, 6.45) is -1.76. The number of nitrogens with zero attached hydrogens (tertiary/aromatic N) is 1. The molecule has 0 bridgehead atoms. The van der Waals surface area contributed by atoms with Crippen molar-refractivity contribution < 1.29 is 41.9 Å². The van der Waals surface area contributed by atoms with Crippen LogP contribution in [0.5, 0.6) is 0 Å². The molecule has 41 heavy (non-hydrogen) atoms. The van der Waals surface area contributed by atoms with Gasteiger partial charge in [-0.1, -0.05) is 23.7 Å². The number of hydrogen-bond donors (Lipinski definition) is 4. The van der Waals surface area contributed by atoms with Gasteiger partial charge in [0.15, 0.2) is 0 Å². The van der Waals surface area contributed by atoms with Crippen LogP contribution in [-0.4, -0.2) is 72.0 Å². The standard InChI is InChI=1S/C26H30ClF2N4O7P/c1-3-39-41(38,40-4-2)17-8-9-18(24(30)26(36)37)20(11-17)31-13-22(34)33-14-16(28)10-21(33)25(35)32-12-15-6-5-7-19(27)23(15)29/h5-9,11,16,21,30-31H,3-4,10,12-14H2,1-2H3,(H,32,35)(H,36,37). The fourth-order valence-electron chi connectivity index (χ4n) is 4.27. The minimum atomic E-state index is -3.80. The number of carbonyl (C=O) groups is 3. The third kappa shape index (κ3) is 7.68. The second-order valence-electron chi connectivity index (χ2n) is 8.92. The first-order valence-electron chi connectivity index (χ1n) is 12.7. The molecule has 2 aromatic rings. The van der Waals surface area contributed by atoms with Gasteiger partial charge in [-0.05, 0) is 38.1 Å². The maximum atomic E-state index is 14.4. The molecule has 222 valence electrons. The van der Waals surface area contributed by atoms with Gasteiger partial charge >= 0.3 is 13.6 Å². The summed E-state index contributed by atoms with van der Waals surface area (Å²) in [6, 6.07) is 6.92. The van der Waals surface area contributed by atoms with Gasteiger partial charge in [0.25, 0.3) is 0 Å². The smallest absolute Gasteiger partial charge is 0.361 e. The van der Waals surface area contributed by atoms with Gasteiger partial charge in [-0.25, -0.2) is 13.6 Å². The summed E-state index contributed by atoms with van der Waals surface area (Å²) in [5, 5.41) is 22.4. The number of hydrogen-bond acceptors (Lipinski definition) is 8. The summed E-state index contributed by atoms with van der Waals surface area (Å²) in [4.78, 5) is 38.5. The SMILES string of the molecule is CCOP(=O)(OCC)c1ccc(C(=N)C(=O)O)c(NCC(=O)N2CC(F)CC2C(=O)NCc2cccc(Cl)c2F)c1. The zero-order valence-electron chi connectivity index (χ0n) is 22.3. The van der Waals surface area contributed by atoms with Crippen molar-refractivity contribution in [3.63, 3.8) is 0 Å². The van der Waals surface area contributed by atoms with E-state index in [4.69, 9.17) is 26.1 Å². The van der Waals surface area contributed by atoms with E-state index in [0.29, 0.717) is 0 Å². The third-order valence-electron chi connectivity index (χ3n) is 6.19. The lowest BCUT2D eigenvalue weighted by Gasteiger charge is -2.24. The molecule has 11 nitrogen and oxygen atoms in total. The number of amides is 2. The molecule has 1 aliphatic heterocycles. The Bertz CT molecular complexity index is 1370. The molecule has 3 rings (SSSR count). The van der Waals surface area contributed by atoms with Crippen molar-refractivity contribution >= 4 is 53.7 Å². The predicted molar refractivity (Wildman–Crippen MR) is 148 cm³/mol. The molecule has 0 spiro atoms. The molecular weight excluding hydrogens is 585 g/mol. The molecule has 15 heteroatoms. The zero-order valence-corrected chi connectivity index (χ0v) is 23.9. The van der Waals surface area contributed by atoms with Crippen LogP contribution in [0.15, 0.2) is 36.4 Å². The normalized spacial score (nSPS) is 16.9. The molecule has 0 aliphatic carbocycles. The maximum absolute atomic E-state index is 14.4. The second kappa shape index (κ2) is 14.0. The van der Waals surface area contributed by atoms with Crippen LogP contribution < -0.4 is 15.9 Å². The number of carboxylic acid groups (broad SMARTS) is 1. The van der Waals surface area contributed by atoms with E-state index in [1.54, 1.807) is 13.8 Å². The first-order valence-corrected chi connectivity index (χ1v) is 14.6. The first kappa shape index (κ1) is 32.1. The number of nitrogens with one attached hydrogen (secondary N) is 3. The number of halogens is 3. The van der Waals surface area contributed by atoms with Gasteiger partial charge in [-0.2, -0.15) is 0 Å². The minimum Gasteiger partial charge on any atom is -0.477 e. The first-order chi connectivity index (χ1) is 19.4. The molecular formula is C26H30ClF2N4O7P. The lowest BCUT2D eigenvalue weighted by Crippen LogP contribution is -2.47. The minimum absolute atomic E-state index is 0.0312. The van der Waals surface area contributed by atoms with E-state index < -0.39 is 55.7 Å². The topological polar surface area (TPSA) is 158 Å². The molecule has 0 radical (unpaired) electrons. The summed E-state index contributed by atoms with van der Waals surface area (Å²) in [5.41, 5.74) is -0.831. The number of benzene rings is 2. The highest BCUT2D eigenvalue weighted by Gasteiger charge is 2.39. The molecule has 1 aliphatic rings. The Hall–Kier alpha value is -3.38. The third-order valence-corrected chi connectivity index (χ3v) is 8.59. The van der Waals surface area contributed by atoms with Crippen LogP contribution in [0, 0.1) is 11.2 Å². The van der Waals surface area contributed by atoms with E-state index in [1.807, 2.05) is 0 Å². The second-order valence-corrected chi connectivity index (χ2v) is 11.4. The number of aliphatic carboxylic acids is 1. The van der Waals surface area contributed by atoms with Gasteiger partial charge in [0.2, 0.25) is 11.8 Å². The number of alkyl halides is 1. The molecule has 1 heterocycles. The van der Waals surface area contributed by atoms with E-state index in [1.165, 1.54) is 36.4 Å². The monoisotopic (exact) mass is 614 g/mol. The van der Waals surface area contributed by atoms with E-state index in [0.717, 1.165) is 4.90 Å². The van der Waals surface area contributed by atoms with Crippen LogP contribution in [-0.2, 0) is 34.5 Å².